The van der Waals surface area contributed by atoms with Crippen LogP contribution in [0.25, 0.3) is 0 Å². The molecule has 0 amide bonds. The van der Waals surface area contributed by atoms with Gasteiger partial charge in [0.2, 0.25) is 0 Å². The maximum Gasteiger partial charge on any atom is 0.0945 e. The van der Waals surface area contributed by atoms with Gasteiger partial charge in [0.05, 0.1) is 12.0 Å². The number of hydrogen-bond acceptors (Lipinski definition) is 3. The highest BCUT2D eigenvalue weighted by molar-refractivity contribution is 4.96. The first-order valence-corrected chi connectivity index (χ1v) is 7.14. The van der Waals surface area contributed by atoms with E-state index < -0.39 is 0 Å². The van der Waals surface area contributed by atoms with Crippen LogP contribution in [0.3, 0.4) is 0 Å². The molecule has 0 saturated carbocycles. The smallest absolute Gasteiger partial charge is 0.0945 e. The summed E-state index contributed by atoms with van der Waals surface area (Å²) in [5.41, 5.74) is 1.25. The minimum absolute atomic E-state index is 0.719. The normalized spacial score (nSPS) is 19.0. The summed E-state index contributed by atoms with van der Waals surface area (Å²) < 4.78 is 2.07. The Hall–Kier alpha value is -0.870. The molecule has 1 aromatic rings. The summed E-state index contributed by atoms with van der Waals surface area (Å²) in [6, 6.07) is 0. The number of nitrogens with zero attached hydrogens (tertiary/aromatic N) is 3. The van der Waals surface area contributed by atoms with E-state index in [9.17, 15) is 0 Å². The first kappa shape index (κ1) is 13.6. The van der Waals surface area contributed by atoms with Gasteiger partial charge in [-0.2, -0.15) is 0 Å². The Bertz CT molecular complexity index is 341. The monoisotopic (exact) mass is 250 g/mol. The fourth-order valence-corrected chi connectivity index (χ4v) is 2.65. The van der Waals surface area contributed by atoms with Crippen LogP contribution in [0.1, 0.15) is 31.9 Å². The van der Waals surface area contributed by atoms with Crippen LogP contribution in [-0.2, 0) is 13.6 Å². The van der Waals surface area contributed by atoms with Crippen molar-refractivity contribution >= 4 is 0 Å². The van der Waals surface area contributed by atoms with Crippen LogP contribution in [0.4, 0.5) is 0 Å². The molecule has 2 heterocycles. The van der Waals surface area contributed by atoms with E-state index in [1.54, 1.807) is 0 Å². The van der Waals surface area contributed by atoms with Gasteiger partial charge in [0.15, 0.2) is 0 Å². The van der Waals surface area contributed by atoms with Crippen LogP contribution < -0.4 is 5.32 Å². The Kier molecular flexibility index (Phi) is 5.20. The standard InChI is InChI=1S/C14H26N4/c1-13(11-18-6-4-3-5-7-18)8-15-9-14-10-16-12-17(14)2/h10,12-13,15H,3-9,11H2,1-2H3. The van der Waals surface area contributed by atoms with Gasteiger partial charge >= 0.3 is 0 Å². The van der Waals surface area contributed by atoms with Gasteiger partial charge in [0, 0.05) is 26.3 Å². The first-order chi connectivity index (χ1) is 8.75. The summed E-state index contributed by atoms with van der Waals surface area (Å²) in [5.74, 6) is 0.719. The second kappa shape index (κ2) is 6.90. The lowest BCUT2D eigenvalue weighted by Crippen LogP contribution is -2.36. The van der Waals surface area contributed by atoms with Crippen molar-refractivity contribution < 1.29 is 0 Å². The third-order valence-electron chi connectivity index (χ3n) is 3.73. The number of imidazole rings is 1. The van der Waals surface area contributed by atoms with Crippen molar-refractivity contribution in [3.05, 3.63) is 18.2 Å². The molecule has 1 unspecified atom stereocenters. The minimum Gasteiger partial charge on any atom is -0.337 e. The second-order valence-corrected chi connectivity index (χ2v) is 5.59. The van der Waals surface area contributed by atoms with Crippen molar-refractivity contribution in [2.75, 3.05) is 26.2 Å². The molecule has 4 heteroatoms. The van der Waals surface area contributed by atoms with Crippen molar-refractivity contribution in [2.45, 2.75) is 32.7 Å². The lowest BCUT2D eigenvalue weighted by atomic mass is 10.1. The van der Waals surface area contributed by atoms with Gasteiger partial charge in [-0.15, -0.1) is 0 Å². The number of likely N-dealkylation sites (tertiary alicyclic amines) is 1. The molecule has 0 aliphatic carbocycles. The maximum atomic E-state index is 4.13. The molecular weight excluding hydrogens is 224 g/mol. The highest BCUT2D eigenvalue weighted by Crippen LogP contribution is 2.10. The molecule has 0 spiro atoms. The van der Waals surface area contributed by atoms with Crippen molar-refractivity contribution in [2.24, 2.45) is 13.0 Å². The van der Waals surface area contributed by atoms with E-state index in [4.69, 9.17) is 0 Å². The molecule has 1 aliphatic heterocycles. The van der Waals surface area contributed by atoms with Crippen LogP contribution in [0, 0.1) is 5.92 Å². The quantitative estimate of drug-likeness (QED) is 0.833. The Morgan fingerprint density at radius 1 is 1.33 bits per heavy atom. The number of aryl methyl sites for hydroxylation is 1. The summed E-state index contributed by atoms with van der Waals surface area (Å²) in [4.78, 5) is 6.74. The average Bonchev–Trinajstić information content (AvgIpc) is 2.76. The summed E-state index contributed by atoms with van der Waals surface area (Å²) in [6.07, 6.45) is 7.98. The largest absolute Gasteiger partial charge is 0.337 e. The third kappa shape index (κ3) is 4.10. The van der Waals surface area contributed by atoms with Crippen molar-refractivity contribution in [3.8, 4) is 0 Å². The molecule has 1 fully saturated rings. The molecule has 0 bridgehead atoms. The number of hydrogen-bond donors (Lipinski definition) is 1. The molecule has 1 aromatic heterocycles. The first-order valence-electron chi connectivity index (χ1n) is 7.14. The van der Waals surface area contributed by atoms with E-state index in [1.165, 1.54) is 44.6 Å². The molecule has 102 valence electrons. The minimum atomic E-state index is 0.719. The van der Waals surface area contributed by atoms with Crippen molar-refractivity contribution in [3.63, 3.8) is 0 Å². The van der Waals surface area contributed by atoms with Crippen molar-refractivity contribution in [1.82, 2.24) is 19.8 Å². The molecule has 1 atom stereocenters. The summed E-state index contributed by atoms with van der Waals surface area (Å²) >= 11 is 0. The summed E-state index contributed by atoms with van der Waals surface area (Å²) in [6.45, 7) is 8.17. The predicted molar refractivity (Wildman–Crippen MR) is 74.4 cm³/mol. The van der Waals surface area contributed by atoms with Crippen LogP contribution >= 0.6 is 0 Å². The van der Waals surface area contributed by atoms with E-state index in [2.05, 4.69) is 26.7 Å². The van der Waals surface area contributed by atoms with E-state index >= 15 is 0 Å². The molecule has 1 saturated heterocycles. The van der Waals surface area contributed by atoms with E-state index in [-0.39, 0.29) is 0 Å². The molecule has 18 heavy (non-hydrogen) atoms. The van der Waals surface area contributed by atoms with Crippen molar-refractivity contribution in [1.29, 1.82) is 0 Å². The van der Waals surface area contributed by atoms with Gasteiger partial charge in [0.1, 0.15) is 0 Å². The average molecular weight is 250 g/mol. The van der Waals surface area contributed by atoms with Crippen LogP contribution in [0.15, 0.2) is 12.5 Å². The Morgan fingerprint density at radius 3 is 2.78 bits per heavy atom. The number of piperidine rings is 1. The summed E-state index contributed by atoms with van der Waals surface area (Å²) in [7, 11) is 2.04. The maximum absolute atomic E-state index is 4.13. The van der Waals surface area contributed by atoms with Gasteiger partial charge in [0.25, 0.3) is 0 Å². The molecule has 0 radical (unpaired) electrons. The SMILES string of the molecule is CC(CNCc1cncn1C)CN1CCCCC1. The van der Waals surface area contributed by atoms with Gasteiger partial charge in [-0.05, 0) is 38.4 Å². The Balaban J connectivity index is 1.62. The van der Waals surface area contributed by atoms with E-state index in [0.29, 0.717) is 0 Å². The van der Waals surface area contributed by atoms with Crippen LogP contribution in [0.2, 0.25) is 0 Å². The highest BCUT2D eigenvalue weighted by atomic mass is 15.1. The van der Waals surface area contributed by atoms with E-state index in [0.717, 1.165) is 19.0 Å². The third-order valence-corrected chi connectivity index (χ3v) is 3.73. The lowest BCUT2D eigenvalue weighted by molar-refractivity contribution is 0.199. The van der Waals surface area contributed by atoms with Gasteiger partial charge in [-0.3, -0.25) is 0 Å². The zero-order valence-corrected chi connectivity index (χ0v) is 11.7. The number of nitrogens with one attached hydrogen (secondary N) is 1. The molecule has 0 aromatic carbocycles. The van der Waals surface area contributed by atoms with Gasteiger partial charge in [-0.1, -0.05) is 13.3 Å². The van der Waals surface area contributed by atoms with Crippen LogP contribution in [0.5, 0.6) is 0 Å². The molecule has 1 aliphatic rings. The topological polar surface area (TPSA) is 33.1 Å². The molecular formula is C14H26N4. The fourth-order valence-electron chi connectivity index (χ4n) is 2.65. The highest BCUT2D eigenvalue weighted by Gasteiger charge is 2.13. The summed E-state index contributed by atoms with van der Waals surface area (Å²) in [5, 5.41) is 3.53. The van der Waals surface area contributed by atoms with E-state index in [1.807, 2.05) is 19.6 Å². The Morgan fingerprint density at radius 2 is 2.11 bits per heavy atom. The Labute approximate surface area is 110 Å². The second-order valence-electron chi connectivity index (χ2n) is 5.59. The molecule has 4 nitrogen and oxygen atoms in total. The zero-order chi connectivity index (χ0) is 12.8. The molecule has 1 N–H and O–H groups in total. The van der Waals surface area contributed by atoms with Gasteiger partial charge < -0.3 is 14.8 Å². The molecule has 2 rings (SSSR count). The van der Waals surface area contributed by atoms with Crippen LogP contribution in [-0.4, -0.2) is 40.6 Å². The number of rotatable bonds is 6. The predicted octanol–water partition coefficient (Wildman–Crippen LogP) is 1.63. The van der Waals surface area contributed by atoms with Gasteiger partial charge in [-0.25, -0.2) is 4.98 Å². The zero-order valence-electron chi connectivity index (χ0n) is 11.7. The fraction of sp³-hybridized carbons (Fsp3) is 0.786. The number of aromatic nitrogens is 2. The lowest BCUT2D eigenvalue weighted by Gasteiger charge is -2.29.